The predicted octanol–water partition coefficient (Wildman–Crippen LogP) is -2.27. The molecule has 16 nitrogen and oxygen atoms in total. The number of amides is 2. The summed E-state index contributed by atoms with van der Waals surface area (Å²) in [6, 6.07) is 14.0. The zero-order valence-corrected chi connectivity index (χ0v) is 50.2. The minimum atomic E-state index is -4.88. The van der Waals surface area contributed by atoms with Crippen LogP contribution in [-0.2, 0) is 55.6 Å². The summed E-state index contributed by atoms with van der Waals surface area (Å²) < 4.78 is 141. The van der Waals surface area contributed by atoms with Gasteiger partial charge in [-0.3, -0.25) is 9.59 Å². The number of nitrogens with zero attached hydrogens (tertiary/aromatic N) is 3. The summed E-state index contributed by atoms with van der Waals surface area (Å²) in [7, 11) is -13.9. The molecule has 73 heavy (non-hydrogen) atoms. The van der Waals surface area contributed by atoms with Gasteiger partial charge in [-0.15, -0.1) is 11.1 Å². The number of hydrogen-bond acceptors (Lipinski definition) is 14. The van der Waals surface area contributed by atoms with Crippen molar-refractivity contribution in [3.63, 3.8) is 0 Å². The van der Waals surface area contributed by atoms with Gasteiger partial charge in [0, 0.05) is 65.6 Å². The molecule has 3 heterocycles. The number of unbranched alkanes of at least 4 members (excludes halogenated alkanes) is 2. The standard InChI is InChI=1S/C49H53F2N3O13S3.3Na/c1-48(2)35-14-5-6-15-39(35)52(24-7-9-26-68(58,59)60)41(48)20-16-31-12-11-13-32(45(31)46-37(50)28-33(29-38(46)51)47(57)67-54-43(55)22-23-44(54)56)17-21-42-49(3,4)36-30-34(70(64,65)66)18-19-40(36)53(42)25-8-10-27-69(61,62)63;;;/h6,14-21,28-30H,7-13,22-27H2,1-4H3,(H,58,59,60)(H,61,62,63)(H,64,65,66);;;/q;3*+1/p-3. The molecule has 0 spiro atoms. The zero-order valence-electron chi connectivity index (χ0n) is 41.8. The van der Waals surface area contributed by atoms with Gasteiger partial charge in [0.15, 0.2) is 5.71 Å². The fourth-order valence-electron chi connectivity index (χ4n) is 9.61. The summed E-state index contributed by atoms with van der Waals surface area (Å²) in [6.07, 6.45) is 8.31. The van der Waals surface area contributed by atoms with Gasteiger partial charge in [-0.25, -0.2) is 43.4 Å². The number of carbonyl (C=O) groups excluding carboxylic acids is 3. The van der Waals surface area contributed by atoms with Crippen LogP contribution in [0.3, 0.4) is 0 Å². The molecule has 0 bridgehead atoms. The molecule has 0 aromatic heterocycles. The topological polar surface area (TPSA) is 242 Å². The number of rotatable bonds is 17. The molecule has 7 rings (SSSR count). The first-order valence-electron chi connectivity index (χ1n) is 22.5. The number of allylic oxidation sites excluding steroid dienone is 8. The van der Waals surface area contributed by atoms with Crippen LogP contribution in [0.1, 0.15) is 113 Å². The first kappa shape index (κ1) is 62.8. The molecule has 0 N–H and O–H groups in total. The fourth-order valence-corrected chi connectivity index (χ4v) is 11.2. The Bertz CT molecular complexity index is 3170. The smallest absolute Gasteiger partial charge is 0.748 e. The summed E-state index contributed by atoms with van der Waals surface area (Å²) in [5.74, 6) is -6.43. The number of carbonyl (C=O) groups is 3. The minimum absolute atomic E-state index is 0. The molecular weight excluding hydrogens is 1040 g/mol. The molecule has 24 heteroatoms. The van der Waals surface area contributed by atoms with Crippen molar-refractivity contribution in [1.82, 2.24) is 5.06 Å². The van der Waals surface area contributed by atoms with E-state index in [1.807, 2.05) is 41.5 Å². The average Bonchev–Trinajstić information content (AvgIpc) is 3.78. The van der Waals surface area contributed by atoms with Gasteiger partial charge in [-0.2, -0.15) is 18.2 Å². The second-order valence-electron chi connectivity index (χ2n) is 18.6. The maximum Gasteiger partial charge on any atom is 1.00 e. The molecule has 0 atom stereocenters. The molecule has 0 radical (unpaired) electrons. The number of imide groups is 1. The Morgan fingerprint density at radius 1 is 0.781 bits per heavy atom. The van der Waals surface area contributed by atoms with E-state index in [4.69, 9.17) is 4.84 Å². The summed E-state index contributed by atoms with van der Waals surface area (Å²) in [6.45, 7) is 8.03. The summed E-state index contributed by atoms with van der Waals surface area (Å²) in [4.78, 5) is 43.8. The maximum atomic E-state index is 16.8. The second kappa shape index (κ2) is 24.7. The first-order chi connectivity index (χ1) is 32.7. The second-order valence-corrected chi connectivity index (χ2v) is 23.0. The molecule has 3 aliphatic heterocycles. The van der Waals surface area contributed by atoms with Crippen molar-refractivity contribution in [2.75, 3.05) is 29.5 Å². The van der Waals surface area contributed by atoms with E-state index in [9.17, 15) is 53.3 Å². The predicted molar refractivity (Wildman–Crippen MR) is 249 cm³/mol. The third-order valence-electron chi connectivity index (χ3n) is 13.1. The van der Waals surface area contributed by atoms with Crippen LogP contribution < -0.4 is 93.6 Å². The minimum Gasteiger partial charge on any atom is -0.748 e. The van der Waals surface area contributed by atoms with E-state index in [2.05, 4.69) is 6.07 Å². The van der Waals surface area contributed by atoms with Crippen LogP contribution in [0, 0.1) is 17.7 Å². The van der Waals surface area contributed by atoms with Crippen molar-refractivity contribution in [2.24, 2.45) is 0 Å². The number of fused-ring (bicyclic) bond motifs is 2. The zero-order chi connectivity index (χ0) is 51.1. The number of anilines is 1. The largest absolute Gasteiger partial charge is 1.00 e. The molecular formula is C49H50F2N3Na3O13S3. The van der Waals surface area contributed by atoms with Gasteiger partial charge in [0.05, 0.1) is 36.3 Å². The van der Waals surface area contributed by atoms with Crippen molar-refractivity contribution in [2.45, 2.75) is 101 Å². The van der Waals surface area contributed by atoms with E-state index in [0.717, 1.165) is 29.1 Å². The number of benzene rings is 3. The van der Waals surface area contributed by atoms with E-state index in [-0.39, 0.29) is 144 Å². The van der Waals surface area contributed by atoms with Crippen LogP contribution in [0.5, 0.6) is 0 Å². The quantitative estimate of drug-likeness (QED) is 0.0346. The molecule has 2 amide bonds. The summed E-state index contributed by atoms with van der Waals surface area (Å²) in [5, 5.41) is 0.263. The van der Waals surface area contributed by atoms with E-state index >= 15 is 8.78 Å². The Hall–Kier alpha value is -2.71. The van der Waals surface area contributed by atoms with Gasteiger partial charge < -0.3 is 23.4 Å². The molecule has 4 aliphatic rings. The molecule has 374 valence electrons. The molecule has 1 aliphatic carbocycles. The SMILES string of the molecule is CC1(C)C(/C=C/C2=C(c3c(F)cc(C(=O)ON4C(=O)CCC4=O)cc3F)C(=C/C=C3/N(CCCCS(=O)(=O)[O-])c4ccc(S(=O)(=O)[O-])cc4C3(C)C)/CCC2)=[N+](CCCCS(=O)(=O)[O-])c2cc[c-]cc21.[Na+].[Na+].[Na+]. The monoisotopic (exact) mass is 1090 g/mol. The average molecular weight is 1090 g/mol. The van der Waals surface area contributed by atoms with Crippen LogP contribution in [-0.4, -0.2) is 96.6 Å². The normalized spacial score (nSPS) is 18.5. The van der Waals surface area contributed by atoms with E-state index in [0.29, 0.717) is 53.9 Å². The summed E-state index contributed by atoms with van der Waals surface area (Å²) >= 11 is 0. The van der Waals surface area contributed by atoms with E-state index in [1.54, 1.807) is 38.1 Å². The van der Waals surface area contributed by atoms with Gasteiger partial charge in [0.2, 0.25) is 0 Å². The van der Waals surface area contributed by atoms with Crippen LogP contribution >= 0.6 is 0 Å². The molecule has 0 saturated carbocycles. The van der Waals surface area contributed by atoms with E-state index in [1.165, 1.54) is 18.2 Å². The van der Waals surface area contributed by atoms with Crippen LogP contribution in [0.15, 0.2) is 94.6 Å². The Kier molecular flexibility index (Phi) is 21.3. The molecule has 1 saturated heterocycles. The molecule has 3 aromatic rings. The van der Waals surface area contributed by atoms with Gasteiger partial charge in [0.25, 0.3) is 11.8 Å². The van der Waals surface area contributed by atoms with Gasteiger partial charge >= 0.3 is 94.6 Å². The van der Waals surface area contributed by atoms with Gasteiger partial charge in [-0.1, -0.05) is 45.4 Å². The number of hydrogen-bond donors (Lipinski definition) is 0. The molecule has 3 aromatic carbocycles. The molecule has 1 fully saturated rings. The maximum absolute atomic E-state index is 16.8. The van der Waals surface area contributed by atoms with Gasteiger partial charge in [-0.05, 0) is 97.2 Å². The van der Waals surface area contributed by atoms with Crippen LogP contribution in [0.2, 0.25) is 0 Å². The van der Waals surface area contributed by atoms with E-state index < -0.39 is 98.1 Å². The summed E-state index contributed by atoms with van der Waals surface area (Å²) in [5.41, 5.74) is 2.29. The van der Waals surface area contributed by atoms with Crippen molar-refractivity contribution >= 4 is 70.8 Å². The Labute approximate surface area is 491 Å². The van der Waals surface area contributed by atoms with Crippen molar-refractivity contribution < 1.29 is 160 Å². The third kappa shape index (κ3) is 14.3. The number of halogens is 2. The van der Waals surface area contributed by atoms with Crippen molar-refractivity contribution in [3.05, 3.63) is 130 Å². The van der Waals surface area contributed by atoms with Gasteiger partial charge in [0.1, 0.15) is 34.0 Å². The Balaban J connectivity index is 0.00000385. The third-order valence-corrected chi connectivity index (χ3v) is 15.5. The van der Waals surface area contributed by atoms with Crippen LogP contribution in [0.4, 0.5) is 20.2 Å². The first-order valence-corrected chi connectivity index (χ1v) is 27.1. The Morgan fingerprint density at radius 2 is 1.40 bits per heavy atom. The number of hydroxylamine groups is 2. The molecule has 0 unspecified atom stereocenters. The fraction of sp³-hybridized carbons (Fsp3) is 0.388. The Morgan fingerprint density at radius 3 is 2.00 bits per heavy atom. The van der Waals surface area contributed by atoms with Crippen molar-refractivity contribution in [1.29, 1.82) is 0 Å². The van der Waals surface area contributed by atoms with Crippen LogP contribution in [0.25, 0.3) is 5.57 Å². The van der Waals surface area contributed by atoms with Crippen molar-refractivity contribution in [3.8, 4) is 0 Å².